The minimum absolute atomic E-state index is 0.0625. The molecule has 29 heavy (non-hydrogen) atoms. The van der Waals surface area contributed by atoms with Crippen LogP contribution in [-0.4, -0.2) is 49.5 Å². The molecule has 2 aliphatic heterocycles. The molecule has 0 aromatic carbocycles. The minimum Gasteiger partial charge on any atom is -0.339 e. The fourth-order valence-electron chi connectivity index (χ4n) is 4.51. The fraction of sp³-hybridized carbons (Fsp3) is 0.474. The molecule has 2 bridgehead atoms. The second kappa shape index (κ2) is 6.74. The maximum absolute atomic E-state index is 13.2. The summed E-state index contributed by atoms with van der Waals surface area (Å²) in [6.45, 7) is 1.80. The monoisotopic (exact) mass is 414 g/mol. The van der Waals surface area contributed by atoms with E-state index in [1.807, 2.05) is 12.1 Å². The molecule has 1 unspecified atom stereocenters. The van der Waals surface area contributed by atoms with E-state index in [-0.39, 0.29) is 23.0 Å². The van der Waals surface area contributed by atoms with E-state index in [0.29, 0.717) is 30.4 Å². The SMILES string of the molecule is Cc1nc(S(=O)(=O)N2[C@@H]3CC[C@H]2CC(c2nc(-c4ccncc4)no2)C3)cn1C. The highest BCUT2D eigenvalue weighted by Gasteiger charge is 2.49. The van der Waals surface area contributed by atoms with Crippen molar-refractivity contribution in [2.24, 2.45) is 7.05 Å². The Labute approximate surface area is 168 Å². The van der Waals surface area contributed by atoms with E-state index >= 15 is 0 Å². The van der Waals surface area contributed by atoms with Gasteiger partial charge in [-0.05, 0) is 44.7 Å². The second-order valence-corrected chi connectivity index (χ2v) is 9.61. The van der Waals surface area contributed by atoms with Crippen molar-refractivity contribution >= 4 is 10.0 Å². The molecule has 9 nitrogen and oxygen atoms in total. The molecule has 0 radical (unpaired) electrons. The molecule has 3 aromatic rings. The number of aromatic nitrogens is 5. The van der Waals surface area contributed by atoms with Gasteiger partial charge in [-0.3, -0.25) is 4.98 Å². The molecule has 152 valence electrons. The Morgan fingerprint density at radius 1 is 1.10 bits per heavy atom. The molecular weight excluding hydrogens is 392 g/mol. The fourth-order valence-corrected chi connectivity index (χ4v) is 6.43. The van der Waals surface area contributed by atoms with Crippen molar-refractivity contribution in [2.75, 3.05) is 0 Å². The van der Waals surface area contributed by atoms with E-state index in [0.717, 1.165) is 18.4 Å². The van der Waals surface area contributed by atoms with Crippen molar-refractivity contribution in [3.05, 3.63) is 42.4 Å². The molecule has 0 aliphatic carbocycles. The van der Waals surface area contributed by atoms with E-state index in [4.69, 9.17) is 4.52 Å². The van der Waals surface area contributed by atoms with Gasteiger partial charge in [-0.25, -0.2) is 13.4 Å². The number of fused-ring (bicyclic) bond motifs is 2. The van der Waals surface area contributed by atoms with E-state index in [2.05, 4.69) is 20.1 Å². The average Bonchev–Trinajstić information content (AvgIpc) is 3.40. The van der Waals surface area contributed by atoms with Crippen molar-refractivity contribution in [3.8, 4) is 11.4 Å². The summed E-state index contributed by atoms with van der Waals surface area (Å²) in [6, 6.07) is 3.54. The first-order valence-corrected chi connectivity index (χ1v) is 11.1. The molecule has 0 saturated carbocycles. The molecule has 2 saturated heterocycles. The summed E-state index contributed by atoms with van der Waals surface area (Å²) in [7, 11) is -1.81. The Kier molecular flexibility index (Phi) is 4.28. The van der Waals surface area contributed by atoms with Crippen molar-refractivity contribution in [1.82, 2.24) is 29.0 Å². The molecule has 2 aliphatic rings. The highest BCUT2D eigenvalue weighted by Crippen LogP contribution is 2.45. The van der Waals surface area contributed by atoms with Crippen molar-refractivity contribution in [3.63, 3.8) is 0 Å². The Bertz CT molecular complexity index is 1110. The third-order valence-corrected chi connectivity index (χ3v) is 7.90. The third-order valence-electron chi connectivity index (χ3n) is 6.02. The molecule has 3 atom stereocenters. The normalized spacial score (nSPS) is 24.8. The van der Waals surface area contributed by atoms with Crippen molar-refractivity contribution in [2.45, 2.75) is 55.6 Å². The van der Waals surface area contributed by atoms with Crippen LogP contribution in [0.2, 0.25) is 0 Å². The Hall–Kier alpha value is -2.59. The van der Waals surface area contributed by atoms with E-state index in [1.165, 1.54) is 0 Å². The molecule has 10 heteroatoms. The van der Waals surface area contributed by atoms with Gasteiger partial charge in [-0.15, -0.1) is 0 Å². The topological polar surface area (TPSA) is 107 Å². The first kappa shape index (κ1) is 18.4. The summed E-state index contributed by atoms with van der Waals surface area (Å²) in [5, 5.41) is 4.23. The first-order valence-electron chi connectivity index (χ1n) is 9.71. The molecule has 0 spiro atoms. The first-order chi connectivity index (χ1) is 13.9. The van der Waals surface area contributed by atoms with E-state index in [9.17, 15) is 8.42 Å². The maximum atomic E-state index is 13.2. The van der Waals surface area contributed by atoms with Crippen LogP contribution in [0.25, 0.3) is 11.4 Å². The molecule has 3 aromatic heterocycles. The number of pyridine rings is 1. The van der Waals surface area contributed by atoms with Gasteiger partial charge in [0.2, 0.25) is 11.7 Å². The quantitative estimate of drug-likeness (QED) is 0.644. The van der Waals surface area contributed by atoms with Gasteiger partial charge in [-0.2, -0.15) is 9.29 Å². The lowest BCUT2D eigenvalue weighted by atomic mass is 9.92. The Balaban J connectivity index is 1.39. The van der Waals surface area contributed by atoms with Gasteiger partial charge < -0.3 is 9.09 Å². The summed E-state index contributed by atoms with van der Waals surface area (Å²) in [5.41, 5.74) is 0.850. The molecule has 2 fully saturated rings. The summed E-state index contributed by atoms with van der Waals surface area (Å²) in [5.74, 6) is 1.86. The van der Waals surface area contributed by atoms with Crippen LogP contribution in [-0.2, 0) is 17.1 Å². The number of hydrogen-bond acceptors (Lipinski definition) is 7. The van der Waals surface area contributed by atoms with Crippen LogP contribution in [0.1, 0.15) is 43.3 Å². The number of hydrogen-bond donors (Lipinski definition) is 0. The largest absolute Gasteiger partial charge is 0.339 e. The predicted octanol–water partition coefficient (Wildman–Crippen LogP) is 2.27. The van der Waals surface area contributed by atoms with Crippen molar-refractivity contribution in [1.29, 1.82) is 0 Å². The number of nitrogens with zero attached hydrogens (tertiary/aromatic N) is 6. The Morgan fingerprint density at radius 2 is 1.79 bits per heavy atom. The van der Waals surface area contributed by atoms with Crippen LogP contribution in [0.5, 0.6) is 0 Å². The molecular formula is C19H22N6O3S. The highest BCUT2D eigenvalue weighted by atomic mass is 32.2. The lowest BCUT2D eigenvalue weighted by Crippen LogP contribution is -2.46. The summed E-state index contributed by atoms with van der Waals surface area (Å²) < 4.78 is 35.4. The van der Waals surface area contributed by atoms with Crippen LogP contribution < -0.4 is 0 Å². The molecule has 5 heterocycles. The van der Waals surface area contributed by atoms with Crippen molar-refractivity contribution < 1.29 is 12.9 Å². The lowest BCUT2D eigenvalue weighted by Gasteiger charge is -2.36. The number of sulfonamides is 1. The summed E-state index contributed by atoms with van der Waals surface area (Å²) >= 11 is 0. The van der Waals surface area contributed by atoms with Gasteiger partial charge in [0.1, 0.15) is 5.82 Å². The number of rotatable bonds is 4. The Morgan fingerprint density at radius 3 is 2.41 bits per heavy atom. The van der Waals surface area contributed by atoms with Crippen LogP contribution >= 0.6 is 0 Å². The van der Waals surface area contributed by atoms with Gasteiger partial charge in [0, 0.05) is 49.2 Å². The van der Waals surface area contributed by atoms with Gasteiger partial charge in [0.15, 0.2) is 5.03 Å². The van der Waals surface area contributed by atoms with Gasteiger partial charge in [0.05, 0.1) is 0 Å². The van der Waals surface area contributed by atoms with Gasteiger partial charge in [0.25, 0.3) is 10.0 Å². The number of aryl methyl sites for hydroxylation is 2. The van der Waals surface area contributed by atoms with E-state index in [1.54, 1.807) is 41.4 Å². The third kappa shape index (κ3) is 3.06. The zero-order chi connectivity index (χ0) is 20.2. The maximum Gasteiger partial charge on any atom is 0.262 e. The average molecular weight is 414 g/mol. The van der Waals surface area contributed by atoms with Gasteiger partial charge in [-0.1, -0.05) is 5.16 Å². The molecule has 0 N–H and O–H groups in total. The molecule has 5 rings (SSSR count). The van der Waals surface area contributed by atoms with E-state index < -0.39 is 10.0 Å². The number of piperidine rings is 1. The van der Waals surface area contributed by atoms with Gasteiger partial charge >= 0.3 is 0 Å². The zero-order valence-corrected chi connectivity index (χ0v) is 17.1. The second-order valence-electron chi connectivity index (χ2n) is 7.82. The summed E-state index contributed by atoms with van der Waals surface area (Å²) in [6.07, 6.45) is 8.02. The standard InChI is InChI=1S/C19H22N6O3S/c1-12-21-17(11-24(12)2)29(26,27)25-15-3-4-16(25)10-14(9-15)19-22-18(23-28-19)13-5-7-20-8-6-13/h5-8,11,14-16H,3-4,9-10H2,1-2H3/t14?,15-,16+. The highest BCUT2D eigenvalue weighted by molar-refractivity contribution is 7.89. The summed E-state index contributed by atoms with van der Waals surface area (Å²) in [4.78, 5) is 12.8. The lowest BCUT2D eigenvalue weighted by molar-refractivity contribution is 0.201. The number of imidazole rings is 1. The van der Waals surface area contributed by atoms with Crippen LogP contribution in [0, 0.1) is 6.92 Å². The van der Waals surface area contributed by atoms with Crippen LogP contribution in [0.4, 0.5) is 0 Å². The van der Waals surface area contributed by atoms with Crippen LogP contribution in [0.3, 0.4) is 0 Å². The predicted molar refractivity (Wildman–Crippen MR) is 103 cm³/mol. The van der Waals surface area contributed by atoms with Crippen LogP contribution in [0.15, 0.2) is 40.3 Å². The molecule has 0 amide bonds. The smallest absolute Gasteiger partial charge is 0.262 e. The minimum atomic E-state index is -3.62. The zero-order valence-electron chi connectivity index (χ0n) is 16.3.